The maximum atomic E-state index is 13.1. The van der Waals surface area contributed by atoms with Crippen LogP contribution in [0.3, 0.4) is 0 Å². The minimum Gasteiger partial charge on any atom is -1.00 e. The summed E-state index contributed by atoms with van der Waals surface area (Å²) in [5, 5.41) is 12.2. The van der Waals surface area contributed by atoms with E-state index in [2.05, 4.69) is 9.80 Å². The highest BCUT2D eigenvalue weighted by Crippen LogP contribution is 2.31. The molecule has 0 saturated carbocycles. The Hall–Kier alpha value is -2.92. The van der Waals surface area contributed by atoms with Crippen molar-refractivity contribution in [1.82, 2.24) is 14.7 Å². The van der Waals surface area contributed by atoms with E-state index in [1.54, 1.807) is 12.1 Å². The second-order valence-corrected chi connectivity index (χ2v) is 10.3. The number of hydrogen-bond donors (Lipinski definition) is 1. The zero-order valence-electron chi connectivity index (χ0n) is 22.6. The number of fused-ring (bicyclic) bond motifs is 1. The van der Waals surface area contributed by atoms with Crippen LogP contribution in [0.25, 0.3) is 10.8 Å². The Bertz CT molecular complexity index is 1320. The Morgan fingerprint density at radius 1 is 0.829 bits per heavy atom. The molecule has 2 unspecified atom stereocenters. The number of nitrogens with zero attached hydrogens (tertiary/aromatic N) is 3. The van der Waals surface area contributed by atoms with Gasteiger partial charge in [-0.1, -0.05) is 36.4 Å². The molecule has 41 heavy (non-hydrogen) atoms. The largest absolute Gasteiger partial charge is 1.00 e. The third-order valence-corrected chi connectivity index (χ3v) is 7.61. The molecule has 1 saturated heterocycles. The predicted octanol–water partition coefficient (Wildman–Crippen LogP) is -3.72. The van der Waals surface area contributed by atoms with Gasteiger partial charge in [0, 0.05) is 62.3 Å². The number of ether oxygens (including phenoxy) is 3. The lowest BCUT2D eigenvalue weighted by atomic mass is 9.94. The summed E-state index contributed by atoms with van der Waals surface area (Å²) >= 11 is 0. The molecule has 9 nitrogen and oxygen atoms in total. The second kappa shape index (κ2) is 13.8. The molecule has 0 spiro atoms. The standard InChI is InChI=1S/C30H33N3O6.2ClH/c34-22(18-37-19-23-20-38-26-9-1-2-10-27(26)39-23)17-32-13-11-31(12-14-32)15-16-33-29(35)24-7-3-5-21-6-4-8-25(28(21)24)30(33)36;;/h1-10,22-23,34H,11-20H2;2*1H/p-2. The van der Waals surface area contributed by atoms with Crippen molar-refractivity contribution < 1.29 is 53.7 Å². The van der Waals surface area contributed by atoms with E-state index in [4.69, 9.17) is 14.2 Å². The molecule has 3 aromatic carbocycles. The molecule has 3 aromatic rings. The quantitative estimate of drug-likeness (QED) is 0.251. The number of hydrogen-bond acceptors (Lipinski definition) is 8. The zero-order valence-corrected chi connectivity index (χ0v) is 24.1. The molecule has 3 heterocycles. The summed E-state index contributed by atoms with van der Waals surface area (Å²) < 4.78 is 17.3. The molecule has 220 valence electrons. The highest BCUT2D eigenvalue weighted by molar-refractivity contribution is 6.25. The summed E-state index contributed by atoms with van der Waals surface area (Å²) in [5.41, 5.74) is 1.19. The first-order valence-electron chi connectivity index (χ1n) is 13.5. The highest BCUT2D eigenvalue weighted by atomic mass is 35.5. The predicted molar refractivity (Wildman–Crippen MR) is 145 cm³/mol. The number of carbonyl (C=O) groups excluding carboxylic acids is 2. The fourth-order valence-corrected chi connectivity index (χ4v) is 5.55. The molecule has 2 atom stereocenters. The lowest BCUT2D eigenvalue weighted by Gasteiger charge is -2.36. The van der Waals surface area contributed by atoms with Gasteiger partial charge < -0.3 is 44.1 Å². The Labute approximate surface area is 251 Å². The van der Waals surface area contributed by atoms with Crippen molar-refractivity contribution in [2.75, 3.05) is 65.6 Å². The average molecular weight is 603 g/mol. The van der Waals surface area contributed by atoms with Gasteiger partial charge in [-0.2, -0.15) is 0 Å². The average Bonchev–Trinajstić information content (AvgIpc) is 2.96. The van der Waals surface area contributed by atoms with E-state index in [1.807, 2.05) is 48.5 Å². The van der Waals surface area contributed by atoms with Gasteiger partial charge in [0.1, 0.15) is 6.61 Å². The number of benzene rings is 3. The van der Waals surface area contributed by atoms with Crippen LogP contribution in [0.4, 0.5) is 0 Å². The SMILES string of the molecule is O=C1c2cccc3cccc(c23)C(=O)N1CCN1CCN(CC(O)COCC2COc3ccccc3O2)CC1.[Cl-].[Cl-]. The minimum atomic E-state index is -0.597. The number of para-hydroxylation sites is 2. The van der Waals surface area contributed by atoms with Gasteiger partial charge in [0.05, 0.1) is 19.3 Å². The monoisotopic (exact) mass is 601 g/mol. The molecule has 3 aliphatic rings. The fraction of sp³-hybridized carbons (Fsp3) is 0.400. The fourth-order valence-electron chi connectivity index (χ4n) is 5.55. The van der Waals surface area contributed by atoms with E-state index in [1.165, 1.54) is 4.90 Å². The smallest absolute Gasteiger partial charge is 0.261 e. The third kappa shape index (κ3) is 6.77. The summed E-state index contributed by atoms with van der Waals surface area (Å²) in [6.07, 6.45) is -0.796. The van der Waals surface area contributed by atoms with Gasteiger partial charge in [0.15, 0.2) is 17.6 Å². The van der Waals surface area contributed by atoms with Gasteiger partial charge in [-0.05, 0) is 29.7 Å². The van der Waals surface area contributed by atoms with Crippen molar-refractivity contribution in [3.05, 3.63) is 71.8 Å². The summed E-state index contributed by atoms with van der Waals surface area (Å²) in [6, 6.07) is 18.8. The van der Waals surface area contributed by atoms with Crippen LogP contribution < -0.4 is 34.3 Å². The first-order valence-corrected chi connectivity index (χ1v) is 13.5. The number of piperazine rings is 1. The van der Waals surface area contributed by atoms with E-state index in [0.29, 0.717) is 49.7 Å². The topological polar surface area (TPSA) is 91.8 Å². The van der Waals surface area contributed by atoms with E-state index in [-0.39, 0.29) is 49.3 Å². The molecule has 0 aliphatic carbocycles. The van der Waals surface area contributed by atoms with Crippen molar-refractivity contribution in [3.63, 3.8) is 0 Å². The number of halogens is 2. The molecule has 1 N–H and O–H groups in total. The number of amides is 2. The second-order valence-electron chi connectivity index (χ2n) is 10.3. The number of aliphatic hydroxyl groups excluding tert-OH is 1. The lowest BCUT2D eigenvalue weighted by molar-refractivity contribution is -0.0321. The van der Waals surface area contributed by atoms with Crippen molar-refractivity contribution >= 4 is 22.6 Å². The molecule has 0 radical (unpaired) electrons. The van der Waals surface area contributed by atoms with Crippen molar-refractivity contribution in [3.8, 4) is 11.5 Å². The Morgan fingerprint density at radius 3 is 2.15 bits per heavy atom. The van der Waals surface area contributed by atoms with Crippen LogP contribution in [0.2, 0.25) is 0 Å². The van der Waals surface area contributed by atoms with E-state index >= 15 is 0 Å². The number of β-amino-alcohol motifs (C(OH)–C–C–N with tert-alkyl or cyclic N) is 1. The Kier molecular flexibility index (Phi) is 10.5. The zero-order chi connectivity index (χ0) is 26.8. The number of imide groups is 1. The highest BCUT2D eigenvalue weighted by Gasteiger charge is 2.33. The lowest BCUT2D eigenvalue weighted by Crippen LogP contribution is -3.00. The van der Waals surface area contributed by atoms with Crippen LogP contribution in [0, 0.1) is 0 Å². The Balaban J connectivity index is 0.00000194. The maximum absolute atomic E-state index is 13.1. The Morgan fingerprint density at radius 2 is 1.46 bits per heavy atom. The van der Waals surface area contributed by atoms with Gasteiger partial charge in [0.2, 0.25) is 0 Å². The number of carbonyl (C=O) groups is 2. The minimum absolute atomic E-state index is 0. The molecule has 0 aromatic heterocycles. The van der Waals surface area contributed by atoms with E-state index < -0.39 is 6.10 Å². The molecule has 0 bridgehead atoms. The van der Waals surface area contributed by atoms with Crippen LogP contribution in [0.5, 0.6) is 11.5 Å². The van der Waals surface area contributed by atoms with Crippen LogP contribution in [0.1, 0.15) is 20.7 Å². The van der Waals surface area contributed by atoms with Gasteiger partial charge in [-0.3, -0.25) is 24.3 Å². The van der Waals surface area contributed by atoms with E-state index in [0.717, 1.165) is 42.7 Å². The first-order chi connectivity index (χ1) is 19.1. The molecule has 3 aliphatic heterocycles. The molecule has 1 fully saturated rings. The normalized spacial score (nSPS) is 19.4. The van der Waals surface area contributed by atoms with Crippen LogP contribution in [0.15, 0.2) is 60.7 Å². The van der Waals surface area contributed by atoms with Gasteiger partial charge in [-0.25, -0.2) is 0 Å². The van der Waals surface area contributed by atoms with E-state index in [9.17, 15) is 14.7 Å². The summed E-state index contributed by atoms with van der Waals surface area (Å²) in [4.78, 5) is 32.1. The summed E-state index contributed by atoms with van der Waals surface area (Å²) in [5.74, 6) is 1.01. The van der Waals surface area contributed by atoms with Gasteiger partial charge in [-0.15, -0.1) is 0 Å². The van der Waals surface area contributed by atoms with Gasteiger partial charge in [0.25, 0.3) is 11.8 Å². The van der Waals surface area contributed by atoms with Gasteiger partial charge >= 0.3 is 0 Å². The van der Waals surface area contributed by atoms with Crippen molar-refractivity contribution in [2.45, 2.75) is 12.2 Å². The molecule has 6 rings (SSSR count). The molecular weight excluding hydrogens is 569 g/mol. The number of rotatable bonds is 9. The van der Waals surface area contributed by atoms with Crippen molar-refractivity contribution in [1.29, 1.82) is 0 Å². The number of aliphatic hydroxyl groups is 1. The summed E-state index contributed by atoms with van der Waals surface area (Å²) in [6.45, 7) is 5.74. The van der Waals surface area contributed by atoms with Crippen LogP contribution in [-0.4, -0.2) is 109 Å². The molecule has 11 heteroatoms. The first kappa shape index (κ1) is 31.0. The van der Waals surface area contributed by atoms with Crippen LogP contribution in [-0.2, 0) is 4.74 Å². The molecule has 2 amide bonds. The maximum Gasteiger partial charge on any atom is 0.261 e. The van der Waals surface area contributed by atoms with Crippen molar-refractivity contribution in [2.24, 2.45) is 0 Å². The molecular formula is C30H33Cl2N3O6-2. The van der Waals surface area contributed by atoms with Crippen LogP contribution >= 0.6 is 0 Å². The third-order valence-electron chi connectivity index (χ3n) is 7.61. The summed E-state index contributed by atoms with van der Waals surface area (Å²) in [7, 11) is 0.